The van der Waals surface area contributed by atoms with Crippen molar-refractivity contribution in [2.45, 2.75) is 19.3 Å². The van der Waals surface area contributed by atoms with Crippen LogP contribution in [-0.2, 0) is 4.79 Å². The van der Waals surface area contributed by atoms with Crippen LogP contribution < -0.4 is 10.6 Å². The van der Waals surface area contributed by atoms with Gasteiger partial charge in [0.25, 0.3) is 0 Å². The number of carbonyl (C=O) groups is 2. The zero-order chi connectivity index (χ0) is 11.3. The highest BCUT2D eigenvalue weighted by molar-refractivity contribution is 5.78. The molecule has 1 rings (SSSR count). The van der Waals surface area contributed by atoms with Gasteiger partial charge in [0, 0.05) is 13.1 Å². The molecule has 15 heavy (non-hydrogen) atoms. The molecule has 0 aromatic heterocycles. The number of carbonyl (C=O) groups excluding carboxylic acids is 1. The fourth-order valence-corrected chi connectivity index (χ4v) is 1.55. The molecule has 0 unspecified atom stereocenters. The minimum absolute atomic E-state index is 0.200. The molecule has 5 nitrogen and oxygen atoms in total. The monoisotopic (exact) mass is 212 g/mol. The largest absolute Gasteiger partial charge is 0.481 e. The lowest BCUT2D eigenvalue weighted by Gasteiger charge is -2.37. The van der Waals surface area contributed by atoms with Crippen LogP contribution in [0.25, 0.3) is 0 Å². The van der Waals surface area contributed by atoms with Crippen molar-refractivity contribution >= 4 is 12.0 Å². The molecule has 0 aliphatic heterocycles. The van der Waals surface area contributed by atoms with Crippen LogP contribution in [0.2, 0.25) is 0 Å². The van der Waals surface area contributed by atoms with Gasteiger partial charge in [-0.3, -0.25) is 4.79 Å². The van der Waals surface area contributed by atoms with Crippen LogP contribution in [-0.4, -0.2) is 30.2 Å². The predicted molar refractivity (Wildman–Crippen MR) is 55.5 cm³/mol. The lowest BCUT2D eigenvalue weighted by atomic mass is 9.69. The van der Waals surface area contributed by atoms with Gasteiger partial charge in [-0.1, -0.05) is 12.5 Å². The predicted octanol–water partition coefficient (Wildman–Crippen LogP) is 0.726. The van der Waals surface area contributed by atoms with E-state index in [1.807, 2.05) is 0 Å². The number of urea groups is 1. The summed E-state index contributed by atoms with van der Waals surface area (Å²) in [7, 11) is 0. The maximum absolute atomic E-state index is 11.1. The lowest BCUT2D eigenvalue weighted by molar-refractivity contribution is -0.153. The van der Waals surface area contributed by atoms with Crippen molar-refractivity contribution < 1.29 is 14.7 Å². The Bertz CT molecular complexity index is 272. The fourth-order valence-electron chi connectivity index (χ4n) is 1.55. The molecule has 0 aromatic rings. The Balaban J connectivity index is 2.31. The molecule has 0 atom stereocenters. The smallest absolute Gasteiger partial charge is 0.315 e. The van der Waals surface area contributed by atoms with Crippen LogP contribution >= 0.6 is 0 Å². The van der Waals surface area contributed by atoms with Crippen LogP contribution in [0.4, 0.5) is 4.79 Å². The number of carboxylic acid groups (broad SMARTS) is 1. The summed E-state index contributed by atoms with van der Waals surface area (Å²) in [5, 5.41) is 14.1. The molecule has 1 saturated carbocycles. The zero-order valence-corrected chi connectivity index (χ0v) is 8.58. The number of rotatable bonds is 5. The molecular weight excluding hydrogens is 196 g/mol. The van der Waals surface area contributed by atoms with Gasteiger partial charge in [-0.05, 0) is 12.8 Å². The van der Waals surface area contributed by atoms with Crippen molar-refractivity contribution in [3.63, 3.8) is 0 Å². The quantitative estimate of drug-likeness (QED) is 0.588. The molecule has 1 fully saturated rings. The van der Waals surface area contributed by atoms with Crippen LogP contribution in [0.1, 0.15) is 19.3 Å². The third kappa shape index (κ3) is 2.71. The molecule has 2 amide bonds. The average molecular weight is 212 g/mol. The molecule has 0 saturated heterocycles. The Hall–Kier alpha value is -1.52. The first-order valence-electron chi connectivity index (χ1n) is 4.97. The third-order valence-electron chi connectivity index (χ3n) is 2.76. The van der Waals surface area contributed by atoms with E-state index >= 15 is 0 Å². The van der Waals surface area contributed by atoms with Gasteiger partial charge in [-0.2, -0.15) is 0 Å². The Morgan fingerprint density at radius 3 is 2.47 bits per heavy atom. The molecule has 1 aliphatic rings. The van der Waals surface area contributed by atoms with Gasteiger partial charge in [0.15, 0.2) is 0 Å². The van der Waals surface area contributed by atoms with Crippen molar-refractivity contribution in [1.82, 2.24) is 10.6 Å². The molecule has 0 spiro atoms. The maximum atomic E-state index is 11.1. The van der Waals surface area contributed by atoms with Gasteiger partial charge in [0.2, 0.25) is 0 Å². The fraction of sp³-hybridized carbons (Fsp3) is 0.600. The van der Waals surface area contributed by atoms with E-state index in [1.165, 1.54) is 0 Å². The minimum atomic E-state index is -0.822. The van der Waals surface area contributed by atoms with Crippen molar-refractivity contribution in [2.75, 3.05) is 13.1 Å². The molecule has 0 heterocycles. The summed E-state index contributed by atoms with van der Waals surface area (Å²) < 4.78 is 0. The molecule has 0 bridgehead atoms. The maximum Gasteiger partial charge on any atom is 0.315 e. The zero-order valence-electron chi connectivity index (χ0n) is 8.58. The van der Waals surface area contributed by atoms with Crippen molar-refractivity contribution in [1.29, 1.82) is 0 Å². The van der Waals surface area contributed by atoms with E-state index in [4.69, 9.17) is 5.11 Å². The Labute approximate surface area is 88.5 Å². The molecule has 1 aliphatic carbocycles. The Morgan fingerprint density at radius 2 is 2.07 bits per heavy atom. The number of hydrogen-bond donors (Lipinski definition) is 3. The summed E-state index contributed by atoms with van der Waals surface area (Å²) in [6.07, 6.45) is 3.77. The Morgan fingerprint density at radius 1 is 1.40 bits per heavy atom. The number of nitrogens with one attached hydrogen (secondary N) is 2. The van der Waals surface area contributed by atoms with E-state index in [9.17, 15) is 9.59 Å². The molecule has 0 radical (unpaired) electrons. The van der Waals surface area contributed by atoms with E-state index in [0.29, 0.717) is 19.4 Å². The van der Waals surface area contributed by atoms with E-state index in [-0.39, 0.29) is 12.6 Å². The van der Waals surface area contributed by atoms with E-state index < -0.39 is 11.4 Å². The number of carboxylic acids is 1. The highest BCUT2D eigenvalue weighted by atomic mass is 16.4. The summed E-state index contributed by atoms with van der Waals surface area (Å²) in [5.74, 6) is -0.822. The highest BCUT2D eigenvalue weighted by Gasteiger charge is 2.44. The second-order valence-electron chi connectivity index (χ2n) is 3.79. The topological polar surface area (TPSA) is 78.4 Å². The van der Waals surface area contributed by atoms with Gasteiger partial charge in [-0.25, -0.2) is 4.79 Å². The second kappa shape index (κ2) is 4.82. The molecule has 5 heteroatoms. The number of hydrogen-bond acceptors (Lipinski definition) is 2. The number of aliphatic carboxylic acids is 1. The first kappa shape index (κ1) is 11.6. The van der Waals surface area contributed by atoms with Crippen LogP contribution in [0.3, 0.4) is 0 Å². The standard InChI is InChI=1S/C10H16N2O3/c1-2-6-11-9(15)12-7-10(8(13)14)4-3-5-10/h2H,1,3-7H2,(H,13,14)(H2,11,12,15). The summed E-state index contributed by atoms with van der Waals surface area (Å²) in [5.41, 5.74) is -0.731. The van der Waals surface area contributed by atoms with Crippen molar-refractivity contribution in [2.24, 2.45) is 5.41 Å². The van der Waals surface area contributed by atoms with Crippen molar-refractivity contribution in [3.05, 3.63) is 12.7 Å². The van der Waals surface area contributed by atoms with E-state index in [2.05, 4.69) is 17.2 Å². The average Bonchev–Trinajstić information content (AvgIpc) is 2.12. The SMILES string of the molecule is C=CCNC(=O)NCC1(C(=O)O)CCC1. The first-order chi connectivity index (χ1) is 7.10. The summed E-state index contributed by atoms with van der Waals surface area (Å²) in [6, 6.07) is -0.345. The van der Waals surface area contributed by atoms with Gasteiger partial charge in [0.05, 0.1) is 5.41 Å². The van der Waals surface area contributed by atoms with Crippen LogP contribution in [0.5, 0.6) is 0 Å². The van der Waals surface area contributed by atoms with Crippen LogP contribution in [0, 0.1) is 5.41 Å². The number of amides is 2. The van der Waals surface area contributed by atoms with E-state index in [0.717, 1.165) is 6.42 Å². The molecular formula is C10H16N2O3. The van der Waals surface area contributed by atoms with Crippen LogP contribution in [0.15, 0.2) is 12.7 Å². The van der Waals surface area contributed by atoms with Gasteiger partial charge < -0.3 is 15.7 Å². The second-order valence-corrected chi connectivity index (χ2v) is 3.79. The minimum Gasteiger partial charge on any atom is -0.481 e. The summed E-state index contributed by atoms with van der Waals surface area (Å²) >= 11 is 0. The molecule has 3 N–H and O–H groups in total. The van der Waals surface area contributed by atoms with Gasteiger partial charge in [-0.15, -0.1) is 6.58 Å². The normalized spacial score (nSPS) is 17.3. The molecule has 84 valence electrons. The summed E-state index contributed by atoms with van der Waals surface area (Å²) in [6.45, 7) is 4.04. The summed E-state index contributed by atoms with van der Waals surface area (Å²) in [4.78, 5) is 22.1. The lowest BCUT2D eigenvalue weighted by Crippen LogP contribution is -2.49. The van der Waals surface area contributed by atoms with Crippen molar-refractivity contribution in [3.8, 4) is 0 Å². The highest BCUT2D eigenvalue weighted by Crippen LogP contribution is 2.40. The first-order valence-corrected chi connectivity index (χ1v) is 4.97. The van der Waals surface area contributed by atoms with Gasteiger partial charge >= 0.3 is 12.0 Å². The van der Waals surface area contributed by atoms with E-state index in [1.54, 1.807) is 6.08 Å². The third-order valence-corrected chi connectivity index (χ3v) is 2.76. The molecule has 0 aromatic carbocycles. The van der Waals surface area contributed by atoms with Gasteiger partial charge in [0.1, 0.15) is 0 Å². The Kier molecular flexibility index (Phi) is 3.71.